The maximum absolute atomic E-state index is 11.8. The highest BCUT2D eigenvalue weighted by molar-refractivity contribution is 5.67. The van der Waals surface area contributed by atoms with Gasteiger partial charge < -0.3 is 19.7 Å². The Hall–Kier alpha value is -1.66. The van der Waals surface area contributed by atoms with E-state index < -0.39 is 35.9 Å². The molecule has 2 rings (SSSR count). The van der Waals surface area contributed by atoms with Gasteiger partial charge in [-0.05, 0) is 63.4 Å². The van der Waals surface area contributed by atoms with E-state index in [1.165, 1.54) is 13.8 Å². The molecule has 2 aliphatic rings. The van der Waals surface area contributed by atoms with Crippen LogP contribution >= 0.6 is 0 Å². The minimum atomic E-state index is -0.902. The fourth-order valence-electron chi connectivity index (χ4n) is 5.31. The summed E-state index contributed by atoms with van der Waals surface area (Å²) < 4.78 is 11.1. The Morgan fingerprint density at radius 3 is 2.33 bits per heavy atom. The monoisotopic (exact) mass is 422 g/mol. The summed E-state index contributed by atoms with van der Waals surface area (Å²) in [5.74, 6) is -1.28. The fraction of sp³-hybridized carbons (Fsp3) is 0.750. The van der Waals surface area contributed by atoms with E-state index in [0.717, 1.165) is 18.4 Å². The first-order chi connectivity index (χ1) is 13.7. The standard InChI is InChI=1S/C24H38O6/c1-14-12-19(27)21-18(23(5,6)28)9-11-24(21,7)10-8-15(2)22(30-17(4)26)20(13-14)29-16(3)25/h8,10,13,15,18-22,27-28H,9,11-12H2,1-7H3/b10-8+,14-13+/t15-,18-,19+,20-,21-,22-,24+/m1/s1. The number of hydrogen-bond donors (Lipinski definition) is 2. The lowest BCUT2D eigenvalue weighted by Crippen LogP contribution is -2.43. The minimum Gasteiger partial charge on any atom is -0.458 e. The number of aliphatic hydroxyl groups excluding tert-OH is 1. The number of allylic oxidation sites excluding steroid dienone is 1. The highest BCUT2D eigenvalue weighted by atomic mass is 16.6. The van der Waals surface area contributed by atoms with Crippen molar-refractivity contribution in [3.8, 4) is 0 Å². The van der Waals surface area contributed by atoms with Crippen LogP contribution in [0.2, 0.25) is 0 Å². The summed E-state index contributed by atoms with van der Waals surface area (Å²) >= 11 is 0. The van der Waals surface area contributed by atoms with E-state index in [1.54, 1.807) is 6.08 Å². The zero-order valence-electron chi connectivity index (χ0n) is 19.3. The van der Waals surface area contributed by atoms with Crippen LogP contribution in [0.3, 0.4) is 0 Å². The second kappa shape index (κ2) is 9.23. The topological polar surface area (TPSA) is 93.1 Å². The van der Waals surface area contributed by atoms with Gasteiger partial charge in [0.15, 0.2) is 6.10 Å². The van der Waals surface area contributed by atoms with Crippen LogP contribution < -0.4 is 0 Å². The van der Waals surface area contributed by atoms with Crippen molar-refractivity contribution >= 4 is 11.9 Å². The number of esters is 2. The third-order valence-electron chi connectivity index (χ3n) is 6.72. The molecule has 1 saturated carbocycles. The van der Waals surface area contributed by atoms with Crippen molar-refractivity contribution in [3.05, 3.63) is 23.8 Å². The maximum Gasteiger partial charge on any atom is 0.303 e. The van der Waals surface area contributed by atoms with Crippen molar-refractivity contribution in [3.63, 3.8) is 0 Å². The Labute approximate surface area is 180 Å². The summed E-state index contributed by atoms with van der Waals surface area (Å²) in [6.07, 6.45) is 5.86. The van der Waals surface area contributed by atoms with Gasteiger partial charge in [0.1, 0.15) is 6.10 Å². The number of carbonyl (C=O) groups is 2. The van der Waals surface area contributed by atoms with E-state index in [-0.39, 0.29) is 23.2 Å². The first-order valence-electron chi connectivity index (χ1n) is 10.9. The molecule has 6 heteroatoms. The van der Waals surface area contributed by atoms with Crippen LogP contribution in [-0.4, -0.2) is 46.1 Å². The molecule has 0 aromatic carbocycles. The second-order valence-electron chi connectivity index (χ2n) is 9.98. The second-order valence-corrected chi connectivity index (χ2v) is 9.98. The smallest absolute Gasteiger partial charge is 0.303 e. The van der Waals surface area contributed by atoms with Gasteiger partial charge in [-0.1, -0.05) is 31.6 Å². The molecule has 0 spiro atoms. The highest BCUT2D eigenvalue weighted by Gasteiger charge is 2.51. The largest absolute Gasteiger partial charge is 0.458 e. The Balaban J connectivity index is 2.53. The molecule has 170 valence electrons. The van der Waals surface area contributed by atoms with E-state index in [4.69, 9.17) is 9.47 Å². The van der Waals surface area contributed by atoms with Gasteiger partial charge in [0.05, 0.1) is 11.7 Å². The lowest BCUT2D eigenvalue weighted by molar-refractivity contribution is -0.164. The molecule has 0 unspecified atom stereocenters. The van der Waals surface area contributed by atoms with Crippen LogP contribution in [0.15, 0.2) is 23.8 Å². The van der Waals surface area contributed by atoms with Gasteiger partial charge in [-0.3, -0.25) is 9.59 Å². The highest BCUT2D eigenvalue weighted by Crippen LogP contribution is 2.54. The number of carbonyl (C=O) groups excluding carboxylic acids is 2. The Morgan fingerprint density at radius 2 is 1.80 bits per heavy atom. The number of ether oxygens (including phenoxy) is 2. The SMILES string of the molecule is CC(=O)O[C@@H]1[C@H](C)/C=C/[C@@]2(C)CC[C@@H](C(C)(C)O)[C@@H]2[C@@H](O)C/C(C)=C/[C@H]1OC(C)=O. The van der Waals surface area contributed by atoms with Gasteiger partial charge in [-0.15, -0.1) is 0 Å². The van der Waals surface area contributed by atoms with Gasteiger partial charge in [0, 0.05) is 19.8 Å². The van der Waals surface area contributed by atoms with Crippen molar-refractivity contribution in [2.24, 2.45) is 23.2 Å². The van der Waals surface area contributed by atoms with Crippen molar-refractivity contribution < 1.29 is 29.3 Å². The zero-order valence-corrected chi connectivity index (χ0v) is 19.3. The predicted octanol–water partition coefficient (Wildman–Crippen LogP) is 3.56. The molecule has 0 aliphatic heterocycles. The lowest BCUT2D eigenvalue weighted by Gasteiger charge is -2.40. The van der Waals surface area contributed by atoms with Crippen molar-refractivity contribution in [1.29, 1.82) is 0 Å². The molecule has 0 aromatic rings. The van der Waals surface area contributed by atoms with Crippen molar-refractivity contribution in [2.45, 2.75) is 91.6 Å². The molecule has 0 saturated heterocycles. The molecule has 6 nitrogen and oxygen atoms in total. The normalized spacial score (nSPS) is 40.4. The van der Waals surface area contributed by atoms with Gasteiger partial charge in [0.2, 0.25) is 0 Å². The molecule has 30 heavy (non-hydrogen) atoms. The maximum atomic E-state index is 11.8. The average Bonchev–Trinajstić information content (AvgIpc) is 2.93. The summed E-state index contributed by atoms with van der Waals surface area (Å²) in [6, 6.07) is 0. The first kappa shape index (κ1) is 24.6. The quantitative estimate of drug-likeness (QED) is 0.534. The summed E-state index contributed by atoms with van der Waals surface area (Å²) in [6.45, 7) is 12.2. The fourth-order valence-corrected chi connectivity index (χ4v) is 5.31. The van der Waals surface area contributed by atoms with Crippen LogP contribution in [0.25, 0.3) is 0 Å². The van der Waals surface area contributed by atoms with Crippen LogP contribution in [0.4, 0.5) is 0 Å². The Bertz CT molecular complexity index is 703. The number of aliphatic hydroxyl groups is 2. The third kappa shape index (κ3) is 5.73. The van der Waals surface area contributed by atoms with Gasteiger partial charge in [0.25, 0.3) is 0 Å². The molecule has 7 atom stereocenters. The molecular formula is C24H38O6. The van der Waals surface area contributed by atoms with Crippen LogP contribution in [0.1, 0.15) is 67.7 Å². The van der Waals surface area contributed by atoms with Gasteiger partial charge >= 0.3 is 11.9 Å². The average molecular weight is 423 g/mol. The van der Waals surface area contributed by atoms with Gasteiger partial charge in [-0.25, -0.2) is 0 Å². The van der Waals surface area contributed by atoms with Crippen LogP contribution in [0, 0.1) is 23.2 Å². The summed E-state index contributed by atoms with van der Waals surface area (Å²) in [4.78, 5) is 23.5. The van der Waals surface area contributed by atoms with E-state index in [1.807, 2.05) is 33.8 Å². The molecule has 1 fully saturated rings. The number of fused-ring (bicyclic) bond motifs is 1. The van der Waals surface area contributed by atoms with Crippen molar-refractivity contribution in [2.75, 3.05) is 0 Å². The summed E-state index contributed by atoms with van der Waals surface area (Å²) in [5.41, 5.74) is -0.356. The molecule has 0 bridgehead atoms. The molecule has 0 amide bonds. The molecule has 2 N–H and O–H groups in total. The van der Waals surface area contributed by atoms with Gasteiger partial charge in [-0.2, -0.15) is 0 Å². The first-order valence-corrected chi connectivity index (χ1v) is 10.9. The van der Waals surface area contributed by atoms with E-state index in [2.05, 4.69) is 13.0 Å². The molecule has 0 heterocycles. The lowest BCUT2D eigenvalue weighted by atomic mass is 9.68. The summed E-state index contributed by atoms with van der Waals surface area (Å²) in [7, 11) is 0. The van der Waals surface area contributed by atoms with E-state index in [9.17, 15) is 19.8 Å². The zero-order chi connectivity index (χ0) is 22.9. The number of rotatable bonds is 3. The molecule has 0 aromatic heterocycles. The third-order valence-corrected chi connectivity index (χ3v) is 6.72. The van der Waals surface area contributed by atoms with E-state index >= 15 is 0 Å². The minimum absolute atomic E-state index is 0.0421. The predicted molar refractivity (Wildman–Crippen MR) is 114 cm³/mol. The Morgan fingerprint density at radius 1 is 1.20 bits per heavy atom. The molecule has 0 radical (unpaired) electrons. The van der Waals surface area contributed by atoms with Crippen LogP contribution in [0.5, 0.6) is 0 Å². The summed E-state index contributed by atoms with van der Waals surface area (Å²) in [5, 5.41) is 22.0. The molecule has 2 aliphatic carbocycles. The Kier molecular flexibility index (Phi) is 7.57. The number of hydrogen-bond acceptors (Lipinski definition) is 6. The van der Waals surface area contributed by atoms with E-state index in [0.29, 0.717) is 6.42 Å². The molecular weight excluding hydrogens is 384 g/mol. The van der Waals surface area contributed by atoms with Crippen LogP contribution in [-0.2, 0) is 19.1 Å². The van der Waals surface area contributed by atoms with Crippen molar-refractivity contribution in [1.82, 2.24) is 0 Å².